The van der Waals surface area contributed by atoms with E-state index in [4.69, 9.17) is 5.73 Å². The maximum absolute atomic E-state index is 14.0. The highest BCUT2D eigenvalue weighted by molar-refractivity contribution is 5.86. The lowest BCUT2D eigenvalue weighted by Gasteiger charge is -2.38. The summed E-state index contributed by atoms with van der Waals surface area (Å²) >= 11 is 0. The Hall–Kier alpha value is -2.09. The van der Waals surface area contributed by atoms with E-state index in [9.17, 15) is 22.8 Å². The van der Waals surface area contributed by atoms with Gasteiger partial charge in [0.15, 0.2) is 11.6 Å². The number of piperidine rings is 1. The van der Waals surface area contributed by atoms with Gasteiger partial charge in [0.1, 0.15) is 11.9 Å². The molecule has 0 unspecified atom stereocenters. The average molecular weight is 411 g/mol. The van der Waals surface area contributed by atoms with Crippen LogP contribution in [-0.2, 0) is 16.0 Å². The molecule has 1 aromatic rings. The average Bonchev–Trinajstić information content (AvgIpc) is 2.97. The van der Waals surface area contributed by atoms with Gasteiger partial charge in [0.25, 0.3) is 0 Å². The van der Waals surface area contributed by atoms with Crippen LogP contribution in [0.3, 0.4) is 0 Å². The standard InChI is InChI=1S/C21H28F3N3O2/c1-11(26-12(2)28)21(29)27-10-13-3-4-16(27)6-15(5-13)20(25)8-14-7-18(23)19(24)9-17(14)22/h7,9,11,13,15-16,20H,3-6,8,10,25H2,1-2H3,(H,26,28)/t11-,13+,15-,16+,20+/m0/s1. The summed E-state index contributed by atoms with van der Waals surface area (Å²) in [7, 11) is 0. The number of halogens is 3. The fourth-order valence-corrected chi connectivity index (χ4v) is 4.79. The molecule has 3 fully saturated rings. The van der Waals surface area contributed by atoms with Gasteiger partial charge in [-0.3, -0.25) is 9.59 Å². The number of hydrogen-bond donors (Lipinski definition) is 2. The molecule has 2 heterocycles. The smallest absolute Gasteiger partial charge is 0.245 e. The highest BCUT2D eigenvalue weighted by Gasteiger charge is 2.40. The Kier molecular flexibility index (Phi) is 6.51. The molecular formula is C21H28F3N3O2. The monoisotopic (exact) mass is 411 g/mol. The van der Waals surface area contributed by atoms with Crippen LogP contribution in [0.1, 0.15) is 45.1 Å². The molecule has 29 heavy (non-hydrogen) atoms. The highest BCUT2D eigenvalue weighted by atomic mass is 19.2. The number of carbonyl (C=O) groups excluding carboxylic acids is 2. The molecule has 4 rings (SSSR count). The summed E-state index contributed by atoms with van der Waals surface area (Å²) < 4.78 is 40.7. The number of rotatable bonds is 5. The van der Waals surface area contributed by atoms with Gasteiger partial charge in [-0.1, -0.05) is 0 Å². The van der Waals surface area contributed by atoms with Gasteiger partial charge in [-0.2, -0.15) is 0 Å². The van der Waals surface area contributed by atoms with Crippen LogP contribution in [0.15, 0.2) is 12.1 Å². The van der Waals surface area contributed by atoms with E-state index in [0.717, 1.165) is 25.3 Å². The lowest BCUT2D eigenvalue weighted by Crippen LogP contribution is -2.52. The van der Waals surface area contributed by atoms with Crippen LogP contribution >= 0.6 is 0 Å². The van der Waals surface area contributed by atoms with Crippen molar-refractivity contribution in [2.24, 2.45) is 17.6 Å². The van der Waals surface area contributed by atoms with Crippen molar-refractivity contribution < 1.29 is 22.8 Å². The van der Waals surface area contributed by atoms with Gasteiger partial charge >= 0.3 is 0 Å². The Morgan fingerprint density at radius 3 is 2.55 bits per heavy atom. The first-order valence-corrected chi connectivity index (χ1v) is 10.1. The Morgan fingerprint density at radius 2 is 1.86 bits per heavy atom. The molecule has 3 aliphatic rings. The van der Waals surface area contributed by atoms with Crippen molar-refractivity contribution in [2.75, 3.05) is 6.54 Å². The maximum atomic E-state index is 14.0. The third-order valence-electron chi connectivity index (χ3n) is 6.24. The van der Waals surface area contributed by atoms with Gasteiger partial charge in [-0.15, -0.1) is 0 Å². The Balaban J connectivity index is 1.70. The predicted octanol–water partition coefficient (Wildman–Crippen LogP) is 2.52. The predicted molar refractivity (Wildman–Crippen MR) is 102 cm³/mol. The summed E-state index contributed by atoms with van der Waals surface area (Å²) in [6, 6.07) is 0.442. The second kappa shape index (κ2) is 8.73. The molecule has 0 aromatic heterocycles. The van der Waals surface area contributed by atoms with E-state index in [0.29, 0.717) is 19.0 Å². The molecule has 1 aromatic carbocycles. The van der Waals surface area contributed by atoms with Crippen LogP contribution < -0.4 is 11.1 Å². The van der Waals surface area contributed by atoms with Crippen molar-refractivity contribution in [3.8, 4) is 0 Å². The van der Waals surface area contributed by atoms with Crippen molar-refractivity contribution in [1.29, 1.82) is 0 Å². The van der Waals surface area contributed by atoms with Crippen molar-refractivity contribution in [2.45, 2.75) is 64.1 Å². The minimum atomic E-state index is -1.21. The van der Waals surface area contributed by atoms with Crippen LogP contribution in [0, 0.1) is 29.3 Å². The summed E-state index contributed by atoms with van der Waals surface area (Å²) in [5.41, 5.74) is 6.43. The lowest BCUT2D eigenvalue weighted by molar-refractivity contribution is -0.139. The summed E-state index contributed by atoms with van der Waals surface area (Å²) in [5.74, 6) is -3.11. The van der Waals surface area contributed by atoms with Crippen LogP contribution in [0.5, 0.6) is 0 Å². The first-order valence-electron chi connectivity index (χ1n) is 10.1. The number of nitrogens with one attached hydrogen (secondary N) is 1. The lowest BCUT2D eigenvalue weighted by atomic mass is 9.85. The molecule has 2 amide bonds. The van der Waals surface area contributed by atoms with Crippen molar-refractivity contribution in [3.63, 3.8) is 0 Å². The fourth-order valence-electron chi connectivity index (χ4n) is 4.79. The molecule has 160 valence electrons. The molecule has 2 bridgehead atoms. The number of benzene rings is 1. The fraction of sp³-hybridized carbons (Fsp3) is 0.619. The molecular weight excluding hydrogens is 383 g/mol. The van der Waals surface area contributed by atoms with E-state index in [-0.39, 0.29) is 41.7 Å². The minimum absolute atomic E-state index is 0.0170. The first kappa shape index (κ1) is 21.6. The number of amides is 2. The van der Waals surface area contributed by atoms with Crippen LogP contribution in [0.25, 0.3) is 0 Å². The van der Waals surface area contributed by atoms with Gasteiger partial charge in [0.05, 0.1) is 0 Å². The molecule has 3 N–H and O–H groups in total. The zero-order valence-corrected chi connectivity index (χ0v) is 16.8. The first-order chi connectivity index (χ1) is 13.7. The number of hydrogen-bond acceptors (Lipinski definition) is 3. The van der Waals surface area contributed by atoms with E-state index in [2.05, 4.69) is 5.32 Å². The summed E-state index contributed by atoms with van der Waals surface area (Å²) in [6.07, 6.45) is 3.46. The minimum Gasteiger partial charge on any atom is -0.345 e. The molecule has 5 atom stereocenters. The van der Waals surface area contributed by atoms with E-state index < -0.39 is 29.5 Å². The number of nitrogens with two attached hydrogens (primary N) is 1. The van der Waals surface area contributed by atoms with Crippen molar-refractivity contribution >= 4 is 11.8 Å². The molecule has 0 radical (unpaired) electrons. The number of carbonyl (C=O) groups is 2. The molecule has 1 aliphatic carbocycles. The van der Waals surface area contributed by atoms with Crippen molar-refractivity contribution in [1.82, 2.24) is 10.2 Å². The van der Waals surface area contributed by atoms with Gasteiger partial charge < -0.3 is 16.0 Å². The van der Waals surface area contributed by atoms with Crippen molar-refractivity contribution in [3.05, 3.63) is 35.1 Å². The largest absolute Gasteiger partial charge is 0.345 e. The number of nitrogens with zero attached hydrogens (tertiary/aromatic N) is 1. The van der Waals surface area contributed by atoms with Gasteiger partial charge in [0.2, 0.25) is 11.8 Å². The van der Waals surface area contributed by atoms with E-state index in [1.165, 1.54) is 6.92 Å². The molecule has 2 saturated heterocycles. The van der Waals surface area contributed by atoms with Crippen LogP contribution in [0.2, 0.25) is 0 Å². The SMILES string of the molecule is CC(=O)N[C@@H](C)C(=O)N1C[C@@H]2CC[C@@H]1C[C@@H]([C@H](N)Cc1cc(F)c(F)cc1F)C2. The Labute approximate surface area is 168 Å². The topological polar surface area (TPSA) is 75.4 Å². The summed E-state index contributed by atoms with van der Waals surface area (Å²) in [6.45, 7) is 3.68. The molecule has 8 heteroatoms. The zero-order chi connectivity index (χ0) is 21.3. The highest BCUT2D eigenvalue weighted by Crippen LogP contribution is 2.38. The van der Waals surface area contributed by atoms with E-state index in [1.807, 2.05) is 4.90 Å². The molecule has 2 aliphatic heterocycles. The Morgan fingerprint density at radius 1 is 1.17 bits per heavy atom. The van der Waals surface area contributed by atoms with Crippen LogP contribution in [0.4, 0.5) is 13.2 Å². The third-order valence-corrected chi connectivity index (χ3v) is 6.24. The summed E-state index contributed by atoms with van der Waals surface area (Å²) in [4.78, 5) is 25.9. The summed E-state index contributed by atoms with van der Waals surface area (Å²) in [5, 5.41) is 2.64. The maximum Gasteiger partial charge on any atom is 0.245 e. The second-order valence-electron chi connectivity index (χ2n) is 8.47. The second-order valence-corrected chi connectivity index (χ2v) is 8.47. The van der Waals surface area contributed by atoms with Crippen LogP contribution in [-0.4, -0.2) is 41.4 Å². The Bertz CT molecular complexity index is 789. The zero-order valence-electron chi connectivity index (χ0n) is 16.8. The van der Waals surface area contributed by atoms with E-state index in [1.54, 1.807) is 6.92 Å². The molecule has 1 saturated carbocycles. The normalized spacial score (nSPS) is 26.0. The van der Waals surface area contributed by atoms with E-state index >= 15 is 0 Å². The molecule has 5 nitrogen and oxygen atoms in total. The number of fused-ring (bicyclic) bond motifs is 4. The molecule has 0 spiro atoms. The van der Waals surface area contributed by atoms with Gasteiger partial charge in [-0.25, -0.2) is 13.2 Å². The third kappa shape index (κ3) is 4.91. The van der Waals surface area contributed by atoms with Gasteiger partial charge in [-0.05, 0) is 62.5 Å². The quantitative estimate of drug-likeness (QED) is 0.731. The van der Waals surface area contributed by atoms with Gasteiger partial charge in [0, 0.05) is 31.6 Å².